The van der Waals surface area contributed by atoms with Crippen molar-refractivity contribution in [3.05, 3.63) is 47.8 Å². The van der Waals surface area contributed by atoms with Gasteiger partial charge in [0.05, 0.1) is 17.4 Å². The van der Waals surface area contributed by atoms with Crippen LogP contribution in [0.3, 0.4) is 0 Å². The number of benzene rings is 1. The first kappa shape index (κ1) is 13.9. The lowest BCUT2D eigenvalue weighted by atomic mass is 10.1. The number of aromatic nitrogens is 2. The lowest BCUT2D eigenvalue weighted by Gasteiger charge is -2.06. The van der Waals surface area contributed by atoms with Crippen LogP contribution in [0, 0.1) is 6.92 Å². The normalized spacial score (nSPS) is 10.6. The van der Waals surface area contributed by atoms with Crippen LogP contribution in [0.5, 0.6) is 11.6 Å². The molecule has 3 N–H and O–H groups in total. The Morgan fingerprint density at radius 2 is 2.14 bits per heavy atom. The van der Waals surface area contributed by atoms with E-state index in [0.29, 0.717) is 17.2 Å². The fourth-order valence-electron chi connectivity index (χ4n) is 2.30. The van der Waals surface area contributed by atoms with Crippen LogP contribution in [0.1, 0.15) is 16.1 Å². The van der Waals surface area contributed by atoms with Gasteiger partial charge in [-0.2, -0.15) is 0 Å². The monoisotopic (exact) mass is 297 g/mol. The highest BCUT2D eigenvalue weighted by atomic mass is 16.5. The number of aryl methyl sites for hydroxylation is 1. The number of rotatable bonds is 4. The molecular formula is C16H15N3O3. The van der Waals surface area contributed by atoms with Crippen LogP contribution in [0.4, 0.5) is 5.69 Å². The first-order valence-corrected chi connectivity index (χ1v) is 6.76. The molecule has 112 valence electrons. The van der Waals surface area contributed by atoms with E-state index in [4.69, 9.17) is 9.84 Å². The highest BCUT2D eigenvalue weighted by Gasteiger charge is 2.14. The van der Waals surface area contributed by atoms with Gasteiger partial charge in [0, 0.05) is 24.6 Å². The van der Waals surface area contributed by atoms with E-state index in [9.17, 15) is 4.79 Å². The molecule has 0 amide bonds. The number of nitrogens with one attached hydrogen (secondary N) is 2. The third kappa shape index (κ3) is 2.46. The molecule has 1 aromatic carbocycles. The van der Waals surface area contributed by atoms with Crippen LogP contribution in [0.15, 0.2) is 36.5 Å². The van der Waals surface area contributed by atoms with Gasteiger partial charge in [0.2, 0.25) is 5.88 Å². The third-order valence-corrected chi connectivity index (χ3v) is 3.49. The second-order valence-electron chi connectivity index (χ2n) is 4.87. The van der Waals surface area contributed by atoms with Crippen molar-refractivity contribution in [2.24, 2.45) is 0 Å². The summed E-state index contributed by atoms with van der Waals surface area (Å²) in [5, 5.41) is 13.0. The number of carbonyl (C=O) groups is 1. The quantitative estimate of drug-likeness (QED) is 0.687. The number of ether oxygens (including phenoxy) is 1. The van der Waals surface area contributed by atoms with E-state index in [1.807, 2.05) is 19.2 Å². The number of nitrogens with zero attached hydrogens (tertiary/aromatic N) is 1. The lowest BCUT2D eigenvalue weighted by Crippen LogP contribution is -1.97. The molecule has 0 atom stereocenters. The van der Waals surface area contributed by atoms with Gasteiger partial charge in [-0.25, -0.2) is 9.78 Å². The number of carboxylic acids is 1. The summed E-state index contributed by atoms with van der Waals surface area (Å²) in [4.78, 5) is 18.2. The highest BCUT2D eigenvalue weighted by molar-refractivity contribution is 5.97. The van der Waals surface area contributed by atoms with Crippen molar-refractivity contribution in [2.45, 2.75) is 6.92 Å². The molecule has 22 heavy (non-hydrogen) atoms. The van der Waals surface area contributed by atoms with Gasteiger partial charge < -0.3 is 20.1 Å². The molecule has 0 unspecified atom stereocenters. The largest absolute Gasteiger partial charge is 0.477 e. The zero-order valence-electron chi connectivity index (χ0n) is 12.2. The van der Waals surface area contributed by atoms with Gasteiger partial charge in [-0.3, -0.25) is 0 Å². The molecule has 0 aliphatic rings. The van der Waals surface area contributed by atoms with E-state index < -0.39 is 5.97 Å². The van der Waals surface area contributed by atoms with Crippen molar-refractivity contribution < 1.29 is 14.6 Å². The third-order valence-electron chi connectivity index (χ3n) is 3.49. The Morgan fingerprint density at radius 1 is 1.32 bits per heavy atom. The predicted octanol–water partition coefficient (Wildman–Crippen LogP) is 3.40. The number of pyridine rings is 1. The molecule has 0 fully saturated rings. The Labute approximate surface area is 126 Å². The summed E-state index contributed by atoms with van der Waals surface area (Å²) in [6.45, 7) is 1.78. The van der Waals surface area contributed by atoms with Gasteiger partial charge in [0.25, 0.3) is 0 Å². The van der Waals surface area contributed by atoms with Crippen molar-refractivity contribution in [3.63, 3.8) is 0 Å². The molecule has 0 aliphatic heterocycles. The van der Waals surface area contributed by atoms with E-state index in [-0.39, 0.29) is 5.69 Å². The molecule has 2 heterocycles. The summed E-state index contributed by atoms with van der Waals surface area (Å²) < 4.78 is 5.69. The molecule has 3 rings (SSSR count). The molecule has 3 aromatic rings. The SMILES string of the molecule is CNc1ccc(Oc2ccc3c(C)c(C(=O)O)[nH]c3c2)nc1. The van der Waals surface area contributed by atoms with Crippen LogP contribution >= 0.6 is 0 Å². The maximum Gasteiger partial charge on any atom is 0.352 e. The lowest BCUT2D eigenvalue weighted by molar-refractivity contribution is 0.0690. The zero-order chi connectivity index (χ0) is 15.7. The van der Waals surface area contributed by atoms with Crippen molar-refractivity contribution >= 4 is 22.6 Å². The van der Waals surface area contributed by atoms with Gasteiger partial charge in [0.15, 0.2) is 0 Å². The summed E-state index contributed by atoms with van der Waals surface area (Å²) >= 11 is 0. The molecule has 6 heteroatoms. The number of anilines is 1. The van der Waals surface area contributed by atoms with Crippen LogP contribution in [-0.4, -0.2) is 28.1 Å². The van der Waals surface area contributed by atoms with E-state index >= 15 is 0 Å². The molecule has 0 aliphatic carbocycles. The summed E-state index contributed by atoms with van der Waals surface area (Å²) in [6, 6.07) is 9.02. The summed E-state index contributed by atoms with van der Waals surface area (Å²) in [5.74, 6) is 0.0935. The average Bonchev–Trinajstić information content (AvgIpc) is 2.85. The Kier molecular flexibility index (Phi) is 3.42. The second-order valence-corrected chi connectivity index (χ2v) is 4.87. The van der Waals surface area contributed by atoms with E-state index in [0.717, 1.165) is 16.6 Å². The minimum absolute atomic E-state index is 0.198. The van der Waals surface area contributed by atoms with Gasteiger partial charge in [-0.05, 0) is 30.7 Å². The maximum absolute atomic E-state index is 11.1. The van der Waals surface area contributed by atoms with Gasteiger partial charge in [-0.1, -0.05) is 0 Å². The fraction of sp³-hybridized carbons (Fsp3) is 0.125. The molecule has 0 radical (unpaired) electrons. The Balaban J connectivity index is 1.92. The molecule has 6 nitrogen and oxygen atoms in total. The van der Waals surface area contributed by atoms with Crippen LogP contribution in [0.25, 0.3) is 10.9 Å². The Morgan fingerprint density at radius 3 is 2.77 bits per heavy atom. The summed E-state index contributed by atoms with van der Waals surface area (Å²) in [7, 11) is 1.82. The topological polar surface area (TPSA) is 87.2 Å². The Hall–Kier alpha value is -3.02. The molecule has 0 bridgehead atoms. The first-order valence-electron chi connectivity index (χ1n) is 6.76. The van der Waals surface area contributed by atoms with Crippen molar-refractivity contribution in [2.75, 3.05) is 12.4 Å². The van der Waals surface area contributed by atoms with Crippen molar-refractivity contribution in [3.8, 4) is 11.6 Å². The van der Waals surface area contributed by atoms with Gasteiger partial charge in [-0.15, -0.1) is 0 Å². The van der Waals surface area contributed by atoms with Gasteiger partial charge >= 0.3 is 5.97 Å². The number of aromatic carboxylic acids is 1. The highest BCUT2D eigenvalue weighted by Crippen LogP contribution is 2.28. The molecule has 0 saturated carbocycles. The minimum Gasteiger partial charge on any atom is -0.477 e. The van der Waals surface area contributed by atoms with Crippen LogP contribution < -0.4 is 10.1 Å². The number of aromatic amines is 1. The molecular weight excluding hydrogens is 282 g/mol. The smallest absolute Gasteiger partial charge is 0.352 e. The van der Waals surface area contributed by atoms with Crippen molar-refractivity contribution in [1.82, 2.24) is 9.97 Å². The number of H-pyrrole nitrogens is 1. The van der Waals surface area contributed by atoms with E-state index in [2.05, 4.69) is 15.3 Å². The van der Waals surface area contributed by atoms with Crippen molar-refractivity contribution in [1.29, 1.82) is 0 Å². The molecule has 2 aromatic heterocycles. The number of carboxylic acid groups (broad SMARTS) is 1. The second kappa shape index (κ2) is 5.40. The van der Waals surface area contributed by atoms with E-state index in [1.54, 1.807) is 31.3 Å². The van der Waals surface area contributed by atoms with E-state index in [1.165, 1.54) is 0 Å². The van der Waals surface area contributed by atoms with Gasteiger partial charge in [0.1, 0.15) is 11.4 Å². The molecule has 0 saturated heterocycles. The standard InChI is InChI=1S/C16H15N3O3/c1-9-12-5-4-11(7-13(12)19-15(9)16(20)21)22-14-6-3-10(17-2)8-18-14/h3-8,17,19H,1-2H3,(H,20,21). The summed E-state index contributed by atoms with van der Waals surface area (Å²) in [5.41, 5.74) is 2.53. The number of hydrogen-bond acceptors (Lipinski definition) is 4. The maximum atomic E-state index is 11.1. The number of fused-ring (bicyclic) bond motifs is 1. The minimum atomic E-state index is -0.972. The van der Waals surface area contributed by atoms with Crippen LogP contribution in [-0.2, 0) is 0 Å². The number of hydrogen-bond donors (Lipinski definition) is 3. The predicted molar refractivity (Wildman–Crippen MR) is 83.9 cm³/mol. The first-order chi connectivity index (χ1) is 10.6. The fourth-order valence-corrected chi connectivity index (χ4v) is 2.30. The zero-order valence-corrected chi connectivity index (χ0v) is 12.2. The average molecular weight is 297 g/mol. The summed E-state index contributed by atoms with van der Waals surface area (Å²) in [6.07, 6.45) is 1.68. The molecule has 0 spiro atoms. The Bertz CT molecular complexity index is 838. The van der Waals surface area contributed by atoms with Crippen LogP contribution in [0.2, 0.25) is 0 Å².